The molecule has 1 aromatic carbocycles. The van der Waals surface area contributed by atoms with E-state index in [2.05, 4.69) is 0 Å². The van der Waals surface area contributed by atoms with Crippen LogP contribution in [0.3, 0.4) is 0 Å². The number of ketones is 1. The molecule has 0 atom stereocenters. The van der Waals surface area contributed by atoms with Crippen LogP contribution in [0, 0.1) is 28.4 Å². The van der Waals surface area contributed by atoms with Gasteiger partial charge in [0.05, 0.1) is 34.8 Å². The van der Waals surface area contributed by atoms with E-state index in [1.807, 2.05) is 6.07 Å². The summed E-state index contributed by atoms with van der Waals surface area (Å²) < 4.78 is 15.8. The van der Waals surface area contributed by atoms with Crippen molar-refractivity contribution in [3.63, 3.8) is 0 Å². The number of nitrogens with zero attached hydrogens (tertiary/aromatic N) is 2. The van der Waals surface area contributed by atoms with Gasteiger partial charge in [0.25, 0.3) is 5.69 Å². The van der Waals surface area contributed by atoms with Gasteiger partial charge >= 0.3 is 11.9 Å². The van der Waals surface area contributed by atoms with E-state index in [0.29, 0.717) is 5.56 Å². The second-order valence-electron chi connectivity index (χ2n) is 7.69. The maximum absolute atomic E-state index is 13.1. The van der Waals surface area contributed by atoms with Crippen LogP contribution in [0.4, 0.5) is 5.69 Å². The van der Waals surface area contributed by atoms with Crippen LogP contribution in [0.25, 0.3) is 17.4 Å². The molecular weight excluding hydrogens is 536 g/mol. The van der Waals surface area contributed by atoms with Crippen LogP contribution in [0.5, 0.6) is 0 Å². The molecule has 0 amide bonds. The van der Waals surface area contributed by atoms with Gasteiger partial charge in [-0.05, 0) is 50.6 Å². The second kappa shape index (κ2) is 12.3. The first-order chi connectivity index (χ1) is 18.1. The van der Waals surface area contributed by atoms with E-state index in [1.165, 1.54) is 36.4 Å². The van der Waals surface area contributed by atoms with Gasteiger partial charge < -0.3 is 13.9 Å². The summed E-state index contributed by atoms with van der Waals surface area (Å²) in [6.45, 7) is 5.05. The molecule has 3 rings (SSSR count). The molecule has 0 aliphatic rings. The number of nitro groups is 1. The molecule has 0 bridgehead atoms. The molecule has 38 heavy (non-hydrogen) atoms. The van der Waals surface area contributed by atoms with Crippen molar-refractivity contribution in [3.8, 4) is 17.4 Å². The molecule has 0 spiro atoms. The van der Waals surface area contributed by atoms with E-state index in [9.17, 15) is 29.8 Å². The Kier molecular flexibility index (Phi) is 9.17. The average molecular weight is 557 g/mol. The number of hydrogen-bond acceptors (Lipinski definition) is 10. The maximum Gasteiger partial charge on any atom is 0.348 e. The molecule has 196 valence electrons. The Morgan fingerprint density at radius 2 is 1.84 bits per heavy atom. The summed E-state index contributed by atoms with van der Waals surface area (Å²) in [5, 5.41) is 21.2. The monoisotopic (exact) mass is 556 g/mol. The highest BCUT2D eigenvalue weighted by atomic mass is 35.5. The van der Waals surface area contributed by atoms with Crippen LogP contribution in [-0.2, 0) is 20.7 Å². The third kappa shape index (κ3) is 6.16. The van der Waals surface area contributed by atoms with Crippen molar-refractivity contribution in [2.24, 2.45) is 0 Å². The van der Waals surface area contributed by atoms with Crippen molar-refractivity contribution >= 4 is 52.4 Å². The molecule has 0 radical (unpaired) electrons. The molecule has 0 N–H and O–H groups in total. The molecule has 2 heterocycles. The number of Topliss-reactive ketones (excluding diaryl/α,β-unsaturated/α-hetero) is 1. The molecule has 0 fully saturated rings. The van der Waals surface area contributed by atoms with Crippen LogP contribution in [-0.4, -0.2) is 35.9 Å². The number of carbonyl (C=O) groups excluding carboxylic acids is 3. The van der Waals surface area contributed by atoms with Crippen LogP contribution >= 0.6 is 22.9 Å². The minimum Gasteiger partial charge on any atom is -0.462 e. The number of halogens is 1. The van der Waals surface area contributed by atoms with Gasteiger partial charge in [-0.3, -0.25) is 14.9 Å². The molecule has 10 nitrogen and oxygen atoms in total. The largest absolute Gasteiger partial charge is 0.462 e. The van der Waals surface area contributed by atoms with Gasteiger partial charge in [0.15, 0.2) is 5.78 Å². The van der Waals surface area contributed by atoms with Crippen molar-refractivity contribution in [2.45, 2.75) is 27.2 Å². The topological polar surface area (TPSA) is 150 Å². The highest BCUT2D eigenvalue weighted by Crippen LogP contribution is 2.34. The number of hydrogen-bond donors (Lipinski definition) is 0. The fourth-order valence-electron chi connectivity index (χ4n) is 3.56. The van der Waals surface area contributed by atoms with Crippen LogP contribution in [0.15, 0.2) is 40.3 Å². The molecule has 2 aromatic heterocycles. The molecule has 0 aliphatic carbocycles. The first-order valence-corrected chi connectivity index (χ1v) is 12.5. The fraction of sp³-hybridized carbons (Fsp3) is 0.231. The van der Waals surface area contributed by atoms with Gasteiger partial charge in [0, 0.05) is 28.5 Å². The van der Waals surface area contributed by atoms with E-state index in [-0.39, 0.29) is 68.3 Å². The normalized spacial score (nSPS) is 11.1. The molecule has 0 aliphatic heterocycles. The summed E-state index contributed by atoms with van der Waals surface area (Å²) in [6.07, 6.45) is 0.846. The lowest BCUT2D eigenvalue weighted by Gasteiger charge is -2.05. The number of thiophene rings is 1. The first-order valence-electron chi connectivity index (χ1n) is 11.3. The van der Waals surface area contributed by atoms with Crippen molar-refractivity contribution in [1.82, 2.24) is 0 Å². The fourth-order valence-corrected chi connectivity index (χ4v) is 4.91. The number of rotatable bonds is 10. The van der Waals surface area contributed by atoms with E-state index >= 15 is 0 Å². The summed E-state index contributed by atoms with van der Waals surface area (Å²) in [7, 11) is 0. The molecule has 0 unspecified atom stereocenters. The summed E-state index contributed by atoms with van der Waals surface area (Å²) in [5.74, 6) is -1.71. The molecular formula is C26H21ClN2O8S. The van der Waals surface area contributed by atoms with E-state index in [4.69, 9.17) is 25.5 Å². The van der Waals surface area contributed by atoms with Crippen molar-refractivity contribution in [2.75, 3.05) is 13.2 Å². The SMILES string of the molecule is CCOC(=O)c1sc(CC(=O)/C(C#N)=C/c2ccc(-c3ccc(Cl)cc3[N+](=O)[O-])o2)c(C(=O)OCC)c1C. The third-order valence-electron chi connectivity index (χ3n) is 5.24. The second-order valence-corrected chi connectivity index (χ2v) is 9.23. The number of allylic oxidation sites excluding steroid dienone is 1. The minimum atomic E-state index is -0.692. The van der Waals surface area contributed by atoms with Crippen LogP contribution in [0.2, 0.25) is 5.02 Å². The van der Waals surface area contributed by atoms with E-state index < -0.39 is 22.6 Å². The van der Waals surface area contributed by atoms with Crippen molar-refractivity contribution < 1.29 is 33.2 Å². The third-order valence-corrected chi connectivity index (χ3v) is 6.74. The van der Waals surface area contributed by atoms with Crippen LogP contribution in [0.1, 0.15) is 50.1 Å². The number of furan rings is 1. The molecule has 0 saturated carbocycles. The number of nitriles is 1. The number of benzene rings is 1. The standard InChI is InChI=1S/C26H21ClN2O8S/c1-4-35-25(31)23-14(3)24(26(32)36-5-2)38-22(23)12-20(30)15(13-28)10-17-7-9-21(37-17)18-8-6-16(27)11-19(18)29(33)34/h6-11H,4-5,12H2,1-3H3/b15-10+. The molecule has 0 saturated heterocycles. The lowest BCUT2D eigenvalue weighted by molar-refractivity contribution is -0.384. The van der Waals surface area contributed by atoms with Gasteiger partial charge in [-0.2, -0.15) is 5.26 Å². The molecule has 3 aromatic rings. The van der Waals surface area contributed by atoms with Gasteiger partial charge in [-0.15, -0.1) is 11.3 Å². The predicted molar refractivity (Wildman–Crippen MR) is 139 cm³/mol. The predicted octanol–water partition coefficient (Wildman–Crippen LogP) is 5.95. The highest BCUT2D eigenvalue weighted by Gasteiger charge is 2.28. The smallest absolute Gasteiger partial charge is 0.348 e. The lowest BCUT2D eigenvalue weighted by Crippen LogP contribution is -2.12. The Morgan fingerprint density at radius 3 is 2.47 bits per heavy atom. The Labute approximate surface area is 226 Å². The maximum atomic E-state index is 13.1. The Balaban J connectivity index is 1.94. The lowest BCUT2D eigenvalue weighted by atomic mass is 10.0. The zero-order chi connectivity index (χ0) is 28.0. The number of ether oxygens (including phenoxy) is 2. The van der Waals surface area contributed by atoms with E-state index in [0.717, 1.165) is 11.3 Å². The van der Waals surface area contributed by atoms with Gasteiger partial charge in [0.2, 0.25) is 0 Å². The number of nitro benzene ring substituents is 1. The number of esters is 2. The van der Waals surface area contributed by atoms with Crippen molar-refractivity contribution in [3.05, 3.63) is 77.7 Å². The van der Waals surface area contributed by atoms with Gasteiger partial charge in [-0.1, -0.05) is 11.6 Å². The molecule has 12 heteroatoms. The summed E-state index contributed by atoms with van der Waals surface area (Å²) in [6, 6.07) is 8.83. The van der Waals surface area contributed by atoms with Gasteiger partial charge in [0.1, 0.15) is 22.5 Å². The average Bonchev–Trinajstić information content (AvgIpc) is 3.46. The quantitative estimate of drug-likeness (QED) is 0.0969. The summed E-state index contributed by atoms with van der Waals surface area (Å²) >= 11 is 6.79. The highest BCUT2D eigenvalue weighted by molar-refractivity contribution is 7.14. The Morgan fingerprint density at radius 1 is 1.16 bits per heavy atom. The number of carbonyl (C=O) groups is 3. The Hall–Kier alpha value is -4.27. The van der Waals surface area contributed by atoms with E-state index in [1.54, 1.807) is 20.8 Å². The van der Waals surface area contributed by atoms with Crippen molar-refractivity contribution in [1.29, 1.82) is 5.26 Å². The zero-order valence-electron chi connectivity index (χ0n) is 20.5. The zero-order valence-corrected chi connectivity index (χ0v) is 22.1. The summed E-state index contributed by atoms with van der Waals surface area (Å²) in [5.41, 5.74) is 0.0350. The van der Waals surface area contributed by atoms with Gasteiger partial charge in [-0.25, -0.2) is 9.59 Å². The van der Waals surface area contributed by atoms with Crippen LogP contribution < -0.4 is 0 Å². The summed E-state index contributed by atoms with van der Waals surface area (Å²) in [4.78, 5) is 49.2. The Bertz CT molecular complexity index is 1500. The first kappa shape index (κ1) is 28.3. The minimum absolute atomic E-state index is 0.0841.